The molecule has 0 radical (unpaired) electrons. The van der Waals surface area contributed by atoms with Crippen LogP contribution < -0.4 is 5.32 Å². The molecule has 2 heterocycles. The molecular weight excluding hydrogens is 294 g/mol. The number of amides is 1. The molecule has 1 saturated heterocycles. The summed E-state index contributed by atoms with van der Waals surface area (Å²) in [5.41, 5.74) is 1.16. The first-order chi connectivity index (χ1) is 11.2. The van der Waals surface area contributed by atoms with Crippen molar-refractivity contribution in [3.63, 3.8) is 0 Å². The van der Waals surface area contributed by atoms with Crippen LogP contribution in [-0.2, 0) is 27.7 Å². The molecule has 128 valence electrons. The Hall–Kier alpha value is -1.40. The third kappa shape index (κ3) is 3.28. The molecule has 1 aromatic rings. The highest BCUT2D eigenvalue weighted by Crippen LogP contribution is 2.50. The van der Waals surface area contributed by atoms with Crippen molar-refractivity contribution in [1.29, 1.82) is 0 Å². The number of imidazole rings is 1. The Balaban J connectivity index is 1.54. The number of aryl methyl sites for hydroxylation is 2. The summed E-state index contributed by atoms with van der Waals surface area (Å²) < 4.78 is 13.4. The predicted octanol–water partition coefficient (Wildman–Crippen LogP) is 1.44. The highest BCUT2D eigenvalue weighted by atomic mass is 16.5. The van der Waals surface area contributed by atoms with Crippen LogP contribution in [0.25, 0.3) is 0 Å². The first-order valence-electron chi connectivity index (χ1n) is 8.59. The van der Waals surface area contributed by atoms with Gasteiger partial charge in [0.05, 0.1) is 12.4 Å². The van der Waals surface area contributed by atoms with Crippen LogP contribution in [0.1, 0.15) is 38.3 Å². The number of carbonyl (C=O) groups is 1. The van der Waals surface area contributed by atoms with Crippen molar-refractivity contribution >= 4 is 5.91 Å². The van der Waals surface area contributed by atoms with Gasteiger partial charge in [-0.1, -0.05) is 0 Å². The van der Waals surface area contributed by atoms with Crippen LogP contribution in [-0.4, -0.2) is 47.4 Å². The molecule has 1 aromatic heterocycles. The summed E-state index contributed by atoms with van der Waals surface area (Å²) >= 11 is 0. The molecule has 2 atom stereocenters. The molecule has 2 aliphatic rings. The lowest BCUT2D eigenvalue weighted by molar-refractivity contribution is -0.175. The summed E-state index contributed by atoms with van der Waals surface area (Å²) in [5, 5.41) is 3.24. The third-order valence-electron chi connectivity index (χ3n) is 5.44. The lowest BCUT2D eigenvalue weighted by Crippen LogP contribution is -2.66. The van der Waals surface area contributed by atoms with E-state index >= 15 is 0 Å². The van der Waals surface area contributed by atoms with E-state index in [1.165, 1.54) is 0 Å². The Morgan fingerprint density at radius 1 is 1.52 bits per heavy atom. The van der Waals surface area contributed by atoms with E-state index in [1.54, 1.807) is 6.33 Å². The molecule has 1 N–H and O–H groups in total. The number of ether oxygens (including phenoxy) is 2. The van der Waals surface area contributed by atoms with Gasteiger partial charge in [-0.15, -0.1) is 0 Å². The van der Waals surface area contributed by atoms with Gasteiger partial charge in [0.25, 0.3) is 0 Å². The second-order valence-corrected chi connectivity index (χ2v) is 6.64. The number of hydrogen-bond donors (Lipinski definition) is 1. The SMILES string of the molecule is CCO[C@@H]1C[C@@H](NC(=O)CCc2cncn2C)C12CCOCC2. The standard InChI is InChI=1S/C17H27N3O3/c1-3-23-15-10-14(17(15)6-8-22-9-7-17)19-16(21)5-4-13-11-18-12-20(13)2/h11-12,14-15H,3-10H2,1-2H3,(H,19,21)/t14-,15-/m1/s1. The number of nitrogens with one attached hydrogen (secondary N) is 1. The summed E-state index contributed by atoms with van der Waals surface area (Å²) in [7, 11) is 1.95. The minimum atomic E-state index is 0.0798. The van der Waals surface area contributed by atoms with E-state index in [1.807, 2.05) is 24.7 Å². The quantitative estimate of drug-likeness (QED) is 0.861. The Kier molecular flexibility index (Phi) is 5.02. The fraction of sp³-hybridized carbons (Fsp3) is 0.765. The largest absolute Gasteiger partial charge is 0.381 e. The maximum atomic E-state index is 12.3. The zero-order valence-corrected chi connectivity index (χ0v) is 14.1. The molecule has 0 bridgehead atoms. The van der Waals surface area contributed by atoms with Crippen LogP contribution >= 0.6 is 0 Å². The molecule has 1 saturated carbocycles. The van der Waals surface area contributed by atoms with E-state index in [-0.39, 0.29) is 23.5 Å². The van der Waals surface area contributed by atoms with Crippen LogP contribution in [0.3, 0.4) is 0 Å². The molecular formula is C17H27N3O3. The fourth-order valence-electron chi connectivity index (χ4n) is 3.94. The van der Waals surface area contributed by atoms with E-state index in [9.17, 15) is 4.79 Å². The molecule has 6 heteroatoms. The zero-order valence-electron chi connectivity index (χ0n) is 14.1. The maximum absolute atomic E-state index is 12.3. The molecule has 3 rings (SSSR count). The van der Waals surface area contributed by atoms with Gasteiger partial charge >= 0.3 is 0 Å². The first kappa shape index (κ1) is 16.5. The highest BCUT2D eigenvalue weighted by molar-refractivity contribution is 5.76. The van der Waals surface area contributed by atoms with Gasteiger partial charge in [0.15, 0.2) is 0 Å². The molecule has 1 aliphatic carbocycles. The second-order valence-electron chi connectivity index (χ2n) is 6.64. The van der Waals surface area contributed by atoms with Gasteiger partial charge in [-0.25, -0.2) is 4.98 Å². The Bertz CT molecular complexity index is 537. The average molecular weight is 321 g/mol. The van der Waals surface area contributed by atoms with Crippen molar-refractivity contribution in [2.24, 2.45) is 12.5 Å². The van der Waals surface area contributed by atoms with Crippen LogP contribution in [0.4, 0.5) is 0 Å². The highest BCUT2D eigenvalue weighted by Gasteiger charge is 2.56. The van der Waals surface area contributed by atoms with Crippen molar-refractivity contribution in [2.75, 3.05) is 19.8 Å². The monoisotopic (exact) mass is 321 g/mol. The van der Waals surface area contributed by atoms with Gasteiger partial charge in [-0.2, -0.15) is 0 Å². The zero-order chi connectivity index (χ0) is 16.3. The van der Waals surface area contributed by atoms with E-state index < -0.39 is 0 Å². The minimum absolute atomic E-state index is 0.0798. The lowest BCUT2D eigenvalue weighted by atomic mass is 9.57. The molecule has 2 fully saturated rings. The van der Waals surface area contributed by atoms with Crippen LogP contribution in [0, 0.1) is 5.41 Å². The van der Waals surface area contributed by atoms with Crippen molar-refractivity contribution in [3.05, 3.63) is 18.2 Å². The number of rotatable bonds is 6. The summed E-state index contributed by atoms with van der Waals surface area (Å²) in [5.74, 6) is 0.122. The molecule has 23 heavy (non-hydrogen) atoms. The van der Waals surface area contributed by atoms with Crippen LogP contribution in [0.15, 0.2) is 12.5 Å². The molecule has 0 aromatic carbocycles. The Labute approximate surface area is 137 Å². The molecule has 0 unspecified atom stereocenters. The maximum Gasteiger partial charge on any atom is 0.220 e. The van der Waals surface area contributed by atoms with Gasteiger partial charge in [-0.05, 0) is 32.6 Å². The van der Waals surface area contributed by atoms with Crippen molar-refractivity contribution in [2.45, 2.75) is 51.2 Å². The van der Waals surface area contributed by atoms with E-state index in [0.717, 1.165) is 51.2 Å². The molecule has 1 spiro atoms. The number of aromatic nitrogens is 2. The summed E-state index contributed by atoms with van der Waals surface area (Å²) in [6, 6.07) is 0.224. The number of carbonyl (C=O) groups excluding carboxylic acids is 1. The van der Waals surface area contributed by atoms with Gasteiger partial charge in [0, 0.05) is 56.6 Å². The van der Waals surface area contributed by atoms with Gasteiger partial charge < -0.3 is 19.4 Å². The Morgan fingerprint density at radius 2 is 2.30 bits per heavy atom. The van der Waals surface area contributed by atoms with Gasteiger partial charge in [0.1, 0.15) is 0 Å². The van der Waals surface area contributed by atoms with Crippen molar-refractivity contribution in [1.82, 2.24) is 14.9 Å². The fourth-order valence-corrected chi connectivity index (χ4v) is 3.94. The average Bonchev–Trinajstić information content (AvgIpc) is 2.98. The normalized spacial score (nSPS) is 26.0. The summed E-state index contributed by atoms with van der Waals surface area (Å²) in [6.45, 7) is 4.30. The lowest BCUT2D eigenvalue weighted by Gasteiger charge is -2.57. The number of hydrogen-bond acceptors (Lipinski definition) is 4. The van der Waals surface area contributed by atoms with Crippen LogP contribution in [0.5, 0.6) is 0 Å². The first-order valence-corrected chi connectivity index (χ1v) is 8.59. The minimum Gasteiger partial charge on any atom is -0.381 e. The topological polar surface area (TPSA) is 65.4 Å². The van der Waals surface area contributed by atoms with Crippen LogP contribution in [0.2, 0.25) is 0 Å². The number of nitrogens with zero attached hydrogens (tertiary/aromatic N) is 2. The second kappa shape index (κ2) is 7.01. The molecule has 1 amide bonds. The predicted molar refractivity (Wildman–Crippen MR) is 86.0 cm³/mol. The third-order valence-corrected chi connectivity index (χ3v) is 5.44. The molecule has 1 aliphatic heterocycles. The van der Waals surface area contributed by atoms with E-state index in [2.05, 4.69) is 10.3 Å². The van der Waals surface area contributed by atoms with Gasteiger partial charge in [0.2, 0.25) is 5.91 Å². The summed E-state index contributed by atoms with van der Waals surface area (Å²) in [6.07, 6.45) is 7.95. The van der Waals surface area contributed by atoms with E-state index in [4.69, 9.17) is 9.47 Å². The van der Waals surface area contributed by atoms with E-state index in [0.29, 0.717) is 6.42 Å². The van der Waals surface area contributed by atoms with Gasteiger partial charge in [-0.3, -0.25) is 4.79 Å². The Morgan fingerprint density at radius 3 is 2.96 bits per heavy atom. The van der Waals surface area contributed by atoms with Crippen molar-refractivity contribution in [3.8, 4) is 0 Å². The van der Waals surface area contributed by atoms with Crippen molar-refractivity contribution < 1.29 is 14.3 Å². The molecule has 6 nitrogen and oxygen atoms in total. The summed E-state index contributed by atoms with van der Waals surface area (Å²) in [4.78, 5) is 16.4. The smallest absolute Gasteiger partial charge is 0.220 e.